The van der Waals surface area contributed by atoms with E-state index in [1.807, 2.05) is 60.7 Å². The van der Waals surface area contributed by atoms with Gasteiger partial charge in [-0.2, -0.15) is 0 Å². The molecule has 106 valence electrons. The van der Waals surface area contributed by atoms with Gasteiger partial charge in [0.05, 0.1) is 5.03 Å². The molecule has 3 heteroatoms. The second kappa shape index (κ2) is 5.00. The standard InChI is InChI=1S/C19H11ClO2/c20-19-15-9-12-5-1-2-6-13(12)10-18(15)22-17-8-4-3-7-14(17)16(19)11-21/h1-11H. The summed E-state index contributed by atoms with van der Waals surface area (Å²) in [6.45, 7) is 0. The number of halogens is 1. The fourth-order valence-electron chi connectivity index (χ4n) is 2.75. The molecule has 2 nitrogen and oxygen atoms in total. The van der Waals surface area contributed by atoms with E-state index in [0.29, 0.717) is 27.7 Å². The molecule has 0 aliphatic carbocycles. The first-order chi connectivity index (χ1) is 10.8. The SMILES string of the molecule is O=CC1=C(Cl)c2cc3ccccc3cc2Oc2ccccc21. The summed E-state index contributed by atoms with van der Waals surface area (Å²) in [4.78, 5) is 11.6. The molecule has 0 amide bonds. The van der Waals surface area contributed by atoms with E-state index in [9.17, 15) is 4.79 Å². The van der Waals surface area contributed by atoms with Crippen LogP contribution < -0.4 is 4.74 Å². The lowest BCUT2D eigenvalue weighted by Crippen LogP contribution is -1.89. The lowest BCUT2D eigenvalue weighted by molar-refractivity contribution is -0.103. The van der Waals surface area contributed by atoms with E-state index >= 15 is 0 Å². The maximum absolute atomic E-state index is 11.6. The fraction of sp³-hybridized carbons (Fsp3) is 0. The average Bonchev–Trinajstić information content (AvgIpc) is 2.67. The van der Waals surface area contributed by atoms with Crippen molar-refractivity contribution >= 4 is 39.3 Å². The van der Waals surface area contributed by atoms with Crippen LogP contribution in [-0.2, 0) is 4.79 Å². The number of ether oxygens (including phenoxy) is 1. The minimum absolute atomic E-state index is 0.417. The van der Waals surface area contributed by atoms with Gasteiger partial charge in [0.1, 0.15) is 11.5 Å². The Morgan fingerprint density at radius 2 is 1.50 bits per heavy atom. The maximum atomic E-state index is 11.6. The van der Waals surface area contributed by atoms with E-state index in [1.165, 1.54) is 0 Å². The Morgan fingerprint density at radius 3 is 2.27 bits per heavy atom. The van der Waals surface area contributed by atoms with Crippen LogP contribution in [0.2, 0.25) is 0 Å². The fourth-order valence-corrected chi connectivity index (χ4v) is 3.04. The summed E-state index contributed by atoms with van der Waals surface area (Å²) < 4.78 is 6.03. The molecule has 0 spiro atoms. The summed E-state index contributed by atoms with van der Waals surface area (Å²) in [7, 11) is 0. The van der Waals surface area contributed by atoms with Crippen LogP contribution in [0.4, 0.5) is 0 Å². The smallest absolute Gasteiger partial charge is 0.152 e. The molecule has 0 unspecified atom stereocenters. The largest absolute Gasteiger partial charge is 0.456 e. The van der Waals surface area contributed by atoms with E-state index in [4.69, 9.17) is 16.3 Å². The third-order valence-corrected chi connectivity index (χ3v) is 4.24. The molecule has 1 heterocycles. The van der Waals surface area contributed by atoms with Gasteiger partial charge in [-0.3, -0.25) is 4.79 Å². The molecule has 1 aliphatic rings. The van der Waals surface area contributed by atoms with Gasteiger partial charge in [0, 0.05) is 16.7 Å². The number of hydrogen-bond acceptors (Lipinski definition) is 2. The lowest BCUT2D eigenvalue weighted by atomic mass is 10.0. The Labute approximate surface area is 132 Å². The molecule has 0 atom stereocenters. The predicted octanol–water partition coefficient (Wildman–Crippen LogP) is 5.25. The first kappa shape index (κ1) is 13.1. The van der Waals surface area contributed by atoms with E-state index in [0.717, 1.165) is 22.6 Å². The average molecular weight is 307 g/mol. The second-order valence-electron chi connectivity index (χ2n) is 5.14. The van der Waals surface area contributed by atoms with Crippen molar-refractivity contribution in [1.82, 2.24) is 0 Å². The van der Waals surface area contributed by atoms with Crippen LogP contribution in [0.1, 0.15) is 11.1 Å². The highest BCUT2D eigenvalue weighted by molar-refractivity contribution is 6.56. The van der Waals surface area contributed by atoms with E-state index < -0.39 is 0 Å². The van der Waals surface area contributed by atoms with Crippen LogP contribution in [-0.4, -0.2) is 6.29 Å². The summed E-state index contributed by atoms with van der Waals surface area (Å²) >= 11 is 6.51. The van der Waals surface area contributed by atoms with Gasteiger partial charge in [-0.1, -0.05) is 54.1 Å². The molecule has 3 aromatic carbocycles. The van der Waals surface area contributed by atoms with Gasteiger partial charge in [-0.05, 0) is 29.0 Å². The third kappa shape index (κ3) is 1.92. The van der Waals surface area contributed by atoms with Gasteiger partial charge in [0.15, 0.2) is 6.29 Å². The zero-order chi connectivity index (χ0) is 15.1. The van der Waals surface area contributed by atoms with E-state index in [2.05, 4.69) is 0 Å². The van der Waals surface area contributed by atoms with Crippen LogP contribution >= 0.6 is 11.6 Å². The Kier molecular flexibility index (Phi) is 2.98. The molecule has 0 aromatic heterocycles. The number of para-hydroxylation sites is 1. The Hall–Kier alpha value is -2.58. The monoisotopic (exact) mass is 306 g/mol. The molecule has 0 saturated carbocycles. The molecule has 0 saturated heterocycles. The van der Waals surface area contributed by atoms with E-state index in [1.54, 1.807) is 0 Å². The van der Waals surface area contributed by atoms with Crippen LogP contribution in [0.5, 0.6) is 11.5 Å². The molecule has 1 aliphatic heterocycles. The van der Waals surface area contributed by atoms with Gasteiger partial charge >= 0.3 is 0 Å². The van der Waals surface area contributed by atoms with Crippen molar-refractivity contribution < 1.29 is 9.53 Å². The van der Waals surface area contributed by atoms with Gasteiger partial charge in [0.2, 0.25) is 0 Å². The van der Waals surface area contributed by atoms with Gasteiger partial charge in [0.25, 0.3) is 0 Å². The van der Waals surface area contributed by atoms with Crippen LogP contribution in [0.15, 0.2) is 60.7 Å². The molecule has 3 aromatic rings. The normalized spacial score (nSPS) is 13.1. The van der Waals surface area contributed by atoms with Crippen LogP contribution in [0, 0.1) is 0 Å². The van der Waals surface area contributed by atoms with Crippen molar-refractivity contribution in [1.29, 1.82) is 0 Å². The zero-order valence-electron chi connectivity index (χ0n) is 11.5. The molecule has 4 rings (SSSR count). The number of carbonyl (C=O) groups excluding carboxylic acids is 1. The number of rotatable bonds is 1. The van der Waals surface area contributed by atoms with Gasteiger partial charge in [-0.25, -0.2) is 0 Å². The topological polar surface area (TPSA) is 26.3 Å². The number of allylic oxidation sites excluding steroid dienone is 1. The number of aldehydes is 1. The lowest BCUT2D eigenvalue weighted by Gasteiger charge is -2.10. The number of hydrogen-bond donors (Lipinski definition) is 0. The minimum Gasteiger partial charge on any atom is -0.456 e. The molecule has 0 bridgehead atoms. The van der Waals surface area contributed by atoms with Crippen molar-refractivity contribution in [3.05, 3.63) is 71.8 Å². The molecular formula is C19H11ClO2. The summed E-state index contributed by atoms with van der Waals surface area (Å²) in [5.41, 5.74) is 1.90. The Balaban J connectivity index is 2.09. The maximum Gasteiger partial charge on any atom is 0.152 e. The van der Waals surface area contributed by atoms with Crippen LogP contribution in [0.3, 0.4) is 0 Å². The first-order valence-corrected chi connectivity index (χ1v) is 7.31. The molecule has 0 N–H and O–H groups in total. The molecule has 0 fully saturated rings. The van der Waals surface area contributed by atoms with Crippen LogP contribution in [0.25, 0.3) is 21.4 Å². The highest BCUT2D eigenvalue weighted by Crippen LogP contribution is 2.44. The van der Waals surface area contributed by atoms with Gasteiger partial charge < -0.3 is 4.74 Å². The third-order valence-electron chi connectivity index (χ3n) is 3.84. The highest BCUT2D eigenvalue weighted by Gasteiger charge is 2.22. The number of benzene rings is 3. The summed E-state index contributed by atoms with van der Waals surface area (Å²) in [5, 5.41) is 2.54. The quantitative estimate of drug-likeness (QED) is 0.574. The molecular weight excluding hydrogens is 296 g/mol. The molecule has 0 radical (unpaired) electrons. The summed E-state index contributed by atoms with van der Waals surface area (Å²) in [5.74, 6) is 1.30. The minimum atomic E-state index is 0.417. The second-order valence-corrected chi connectivity index (χ2v) is 5.52. The van der Waals surface area contributed by atoms with Crippen molar-refractivity contribution in [2.75, 3.05) is 0 Å². The Bertz CT molecular complexity index is 941. The Morgan fingerprint density at radius 1 is 0.818 bits per heavy atom. The number of fused-ring (bicyclic) bond motifs is 3. The highest BCUT2D eigenvalue weighted by atomic mass is 35.5. The van der Waals surface area contributed by atoms with Crippen molar-refractivity contribution in [3.8, 4) is 11.5 Å². The summed E-state index contributed by atoms with van der Waals surface area (Å²) in [6, 6.07) is 19.3. The van der Waals surface area contributed by atoms with Crippen molar-refractivity contribution in [2.45, 2.75) is 0 Å². The predicted molar refractivity (Wildman–Crippen MR) is 89.2 cm³/mol. The van der Waals surface area contributed by atoms with Crippen molar-refractivity contribution in [3.63, 3.8) is 0 Å². The number of carbonyl (C=O) groups is 1. The van der Waals surface area contributed by atoms with Crippen molar-refractivity contribution in [2.24, 2.45) is 0 Å². The molecule has 22 heavy (non-hydrogen) atoms. The summed E-state index contributed by atoms with van der Waals surface area (Å²) in [6.07, 6.45) is 0.787. The van der Waals surface area contributed by atoms with E-state index in [-0.39, 0.29) is 0 Å². The zero-order valence-corrected chi connectivity index (χ0v) is 12.3. The first-order valence-electron chi connectivity index (χ1n) is 6.93. The van der Waals surface area contributed by atoms with Gasteiger partial charge in [-0.15, -0.1) is 0 Å².